The van der Waals surface area contributed by atoms with E-state index in [1.807, 2.05) is 6.92 Å². The molecule has 0 aliphatic heterocycles. The lowest BCUT2D eigenvalue weighted by Gasteiger charge is -2.15. The summed E-state index contributed by atoms with van der Waals surface area (Å²) in [4.78, 5) is 21.8. The van der Waals surface area contributed by atoms with Gasteiger partial charge in [0.25, 0.3) is 0 Å². The van der Waals surface area contributed by atoms with E-state index in [-0.39, 0.29) is 18.1 Å². The first kappa shape index (κ1) is 13.1. The van der Waals surface area contributed by atoms with Crippen LogP contribution in [0.2, 0.25) is 0 Å². The lowest BCUT2D eigenvalue weighted by Crippen LogP contribution is -2.47. The molecule has 14 heavy (non-hydrogen) atoms. The van der Waals surface area contributed by atoms with Crippen molar-refractivity contribution in [1.82, 2.24) is 5.32 Å². The van der Waals surface area contributed by atoms with Gasteiger partial charge in [-0.3, -0.25) is 9.59 Å². The van der Waals surface area contributed by atoms with Crippen molar-refractivity contribution in [3.8, 4) is 0 Å². The van der Waals surface area contributed by atoms with Crippen LogP contribution >= 0.6 is 0 Å². The van der Waals surface area contributed by atoms with Gasteiger partial charge in [-0.2, -0.15) is 0 Å². The molecule has 0 aromatic heterocycles. The van der Waals surface area contributed by atoms with Crippen LogP contribution < -0.4 is 5.32 Å². The third kappa shape index (κ3) is 5.72. The van der Waals surface area contributed by atoms with Gasteiger partial charge in [0.15, 0.2) is 0 Å². The molecule has 0 spiro atoms. The van der Waals surface area contributed by atoms with E-state index < -0.39 is 13.1 Å². The summed E-state index contributed by atoms with van der Waals surface area (Å²) in [7, 11) is -1.69. The van der Waals surface area contributed by atoms with Gasteiger partial charge in [0.05, 0.1) is 5.94 Å². The van der Waals surface area contributed by atoms with Gasteiger partial charge in [-0.25, -0.2) is 0 Å². The minimum Gasteiger partial charge on any atom is -0.426 e. The predicted molar refractivity (Wildman–Crippen MR) is 52.3 cm³/mol. The molecule has 3 N–H and O–H groups in total. The number of Topliss-reactive ketones (excluding diaryl/α,β-unsaturated/α-hetero) is 1. The summed E-state index contributed by atoms with van der Waals surface area (Å²) in [5.74, 6) is -1.36. The van der Waals surface area contributed by atoms with Crippen molar-refractivity contribution in [1.29, 1.82) is 0 Å². The maximum absolute atomic E-state index is 11.1. The molecule has 1 amide bonds. The Morgan fingerprint density at radius 2 is 2.00 bits per heavy atom. The molecule has 0 aliphatic rings. The Kier molecular flexibility index (Phi) is 6.15. The maximum Gasteiger partial charge on any atom is 0.475 e. The maximum atomic E-state index is 11.1. The third-order valence-corrected chi connectivity index (χ3v) is 1.69. The van der Waals surface area contributed by atoms with Gasteiger partial charge < -0.3 is 15.4 Å². The van der Waals surface area contributed by atoms with Gasteiger partial charge in [-0.15, -0.1) is 0 Å². The molecule has 0 bridgehead atoms. The molecule has 0 rings (SSSR count). The van der Waals surface area contributed by atoms with Gasteiger partial charge in [0, 0.05) is 12.8 Å². The lowest BCUT2D eigenvalue weighted by atomic mass is 9.76. The van der Waals surface area contributed by atoms with Crippen LogP contribution in [0, 0.1) is 0 Å². The highest BCUT2D eigenvalue weighted by Crippen LogP contribution is 1.97. The fourth-order valence-electron chi connectivity index (χ4n) is 1.05. The Balaban J connectivity index is 4.09. The fourth-order valence-corrected chi connectivity index (χ4v) is 1.05. The third-order valence-electron chi connectivity index (χ3n) is 1.69. The van der Waals surface area contributed by atoms with Crippen LogP contribution in [0.1, 0.15) is 33.1 Å². The zero-order valence-corrected chi connectivity index (χ0v) is 8.49. The topological polar surface area (TPSA) is 86.6 Å². The molecule has 0 saturated heterocycles. The summed E-state index contributed by atoms with van der Waals surface area (Å²) < 4.78 is 0. The number of carbonyl (C=O) groups is 2. The number of hydrogen-bond acceptors (Lipinski definition) is 4. The van der Waals surface area contributed by atoms with Crippen molar-refractivity contribution in [2.24, 2.45) is 0 Å². The molecular formula is C8H16BNO4. The Bertz CT molecular complexity index is 208. The van der Waals surface area contributed by atoms with Crippen LogP contribution in [-0.4, -0.2) is 34.8 Å². The summed E-state index contributed by atoms with van der Waals surface area (Å²) in [5.41, 5.74) is 0. The van der Waals surface area contributed by atoms with Crippen molar-refractivity contribution in [3.63, 3.8) is 0 Å². The van der Waals surface area contributed by atoms with Crippen LogP contribution in [0.15, 0.2) is 0 Å². The predicted octanol–water partition coefficient (Wildman–Crippen LogP) is -0.738. The van der Waals surface area contributed by atoms with E-state index in [4.69, 9.17) is 10.0 Å². The highest BCUT2D eigenvalue weighted by molar-refractivity contribution is 6.44. The van der Waals surface area contributed by atoms with E-state index in [9.17, 15) is 9.59 Å². The van der Waals surface area contributed by atoms with E-state index in [0.717, 1.165) is 0 Å². The Morgan fingerprint density at radius 3 is 2.36 bits per heavy atom. The Hall–Kier alpha value is -0.875. The highest BCUT2D eigenvalue weighted by Gasteiger charge is 2.25. The van der Waals surface area contributed by atoms with Gasteiger partial charge >= 0.3 is 7.12 Å². The van der Waals surface area contributed by atoms with Crippen LogP contribution in [0.5, 0.6) is 0 Å². The van der Waals surface area contributed by atoms with Crippen LogP contribution in [-0.2, 0) is 9.59 Å². The molecule has 6 heteroatoms. The number of rotatable bonds is 6. The van der Waals surface area contributed by atoms with Gasteiger partial charge in [-0.05, 0) is 13.3 Å². The van der Waals surface area contributed by atoms with Gasteiger partial charge in [0.1, 0.15) is 5.78 Å². The molecule has 1 atom stereocenters. The largest absolute Gasteiger partial charge is 0.475 e. The second-order valence-electron chi connectivity index (χ2n) is 3.24. The summed E-state index contributed by atoms with van der Waals surface area (Å²) in [6.07, 6.45) is 0.939. The molecule has 0 radical (unpaired) electrons. The van der Waals surface area contributed by atoms with Crippen LogP contribution in [0.3, 0.4) is 0 Å². The monoisotopic (exact) mass is 201 g/mol. The molecule has 80 valence electrons. The smallest absolute Gasteiger partial charge is 0.426 e. The molecule has 0 aromatic carbocycles. The van der Waals surface area contributed by atoms with Crippen LogP contribution in [0.4, 0.5) is 0 Å². The van der Waals surface area contributed by atoms with Crippen LogP contribution in [0.25, 0.3) is 0 Å². The van der Waals surface area contributed by atoms with Crippen molar-refractivity contribution in [3.05, 3.63) is 0 Å². The van der Waals surface area contributed by atoms with Crippen molar-refractivity contribution >= 4 is 18.8 Å². The summed E-state index contributed by atoms with van der Waals surface area (Å²) in [5, 5.41) is 20.1. The molecule has 0 aliphatic carbocycles. The molecule has 0 aromatic rings. The number of nitrogens with one attached hydrogen (secondary N) is 1. The Labute approximate surface area is 83.6 Å². The molecule has 0 heterocycles. The SMILES string of the molecule is CCCC(=O)N[C@@H](CC(C)=O)B(O)O. The molecule has 5 nitrogen and oxygen atoms in total. The van der Waals surface area contributed by atoms with Crippen molar-refractivity contribution in [2.45, 2.75) is 39.1 Å². The fraction of sp³-hybridized carbons (Fsp3) is 0.750. The van der Waals surface area contributed by atoms with E-state index in [0.29, 0.717) is 12.8 Å². The number of hydrogen-bond donors (Lipinski definition) is 3. The van der Waals surface area contributed by atoms with E-state index in [2.05, 4.69) is 5.32 Å². The zero-order valence-electron chi connectivity index (χ0n) is 8.49. The average molecular weight is 201 g/mol. The minimum absolute atomic E-state index is 0.0624. The highest BCUT2D eigenvalue weighted by atomic mass is 16.4. The van der Waals surface area contributed by atoms with Crippen molar-refractivity contribution in [2.75, 3.05) is 0 Å². The quantitative estimate of drug-likeness (QED) is 0.494. The van der Waals surface area contributed by atoms with Gasteiger partial charge in [-0.1, -0.05) is 6.92 Å². The second-order valence-corrected chi connectivity index (χ2v) is 3.24. The van der Waals surface area contributed by atoms with E-state index in [1.54, 1.807) is 0 Å². The average Bonchev–Trinajstić information content (AvgIpc) is 2.02. The van der Waals surface area contributed by atoms with Gasteiger partial charge in [0.2, 0.25) is 5.91 Å². The lowest BCUT2D eigenvalue weighted by molar-refractivity contribution is -0.122. The Morgan fingerprint density at radius 1 is 1.43 bits per heavy atom. The zero-order chi connectivity index (χ0) is 11.1. The molecule has 0 fully saturated rings. The molecular weight excluding hydrogens is 185 g/mol. The van der Waals surface area contributed by atoms with Crippen molar-refractivity contribution < 1.29 is 19.6 Å². The van der Waals surface area contributed by atoms with E-state index in [1.165, 1.54) is 6.92 Å². The first-order chi connectivity index (χ1) is 6.47. The first-order valence-electron chi connectivity index (χ1n) is 4.62. The number of carbonyl (C=O) groups excluding carboxylic acids is 2. The summed E-state index contributed by atoms with van der Waals surface area (Å²) in [6.45, 7) is 3.18. The first-order valence-corrected chi connectivity index (χ1v) is 4.62. The minimum atomic E-state index is -1.69. The number of ketones is 1. The summed E-state index contributed by atoms with van der Waals surface area (Å²) >= 11 is 0. The molecule has 0 saturated carbocycles. The van der Waals surface area contributed by atoms with E-state index >= 15 is 0 Å². The summed E-state index contributed by atoms with van der Waals surface area (Å²) in [6, 6.07) is 0. The normalized spacial score (nSPS) is 12.0. The standard InChI is InChI=1S/C8H16BNO4/c1-3-4-8(12)10-7(9(13)14)5-6(2)11/h7,13-14H,3-5H2,1-2H3,(H,10,12)/t7-/m0/s1. The molecule has 0 unspecified atom stereocenters. The number of amides is 1. The second kappa shape index (κ2) is 6.56.